The van der Waals surface area contributed by atoms with E-state index in [-0.39, 0.29) is 34.8 Å². The molecule has 0 saturated heterocycles. The number of halogens is 3. The number of nitrogens with two attached hydrogens (primary N) is 2. The number of hydrogen-bond donors (Lipinski definition) is 3. The van der Waals surface area contributed by atoms with E-state index in [9.17, 15) is 27.6 Å². The van der Waals surface area contributed by atoms with Gasteiger partial charge < -0.3 is 26.1 Å². The Bertz CT molecular complexity index is 1470. The molecule has 9 nitrogen and oxygen atoms in total. The van der Waals surface area contributed by atoms with Crippen LogP contribution < -0.4 is 27.1 Å². The molecule has 0 fully saturated rings. The van der Waals surface area contributed by atoms with Crippen molar-refractivity contribution in [2.75, 3.05) is 14.2 Å². The second-order valence-corrected chi connectivity index (χ2v) is 8.27. The molecule has 1 heterocycles. The van der Waals surface area contributed by atoms with Crippen LogP contribution in [-0.2, 0) is 11.3 Å². The van der Waals surface area contributed by atoms with E-state index in [1.165, 1.54) is 57.6 Å². The van der Waals surface area contributed by atoms with E-state index in [1.807, 2.05) is 0 Å². The van der Waals surface area contributed by atoms with Gasteiger partial charge in [0, 0.05) is 36.0 Å². The van der Waals surface area contributed by atoms with E-state index in [1.54, 1.807) is 6.07 Å². The highest BCUT2D eigenvalue weighted by Gasteiger charge is 2.22. The fraction of sp³-hybridized carbons (Fsp3) is 0.231. The number of amides is 2. The van der Waals surface area contributed by atoms with Gasteiger partial charge in [0.1, 0.15) is 23.9 Å². The van der Waals surface area contributed by atoms with Gasteiger partial charge in [0.05, 0.1) is 24.3 Å². The van der Waals surface area contributed by atoms with Gasteiger partial charge in [-0.05, 0) is 30.7 Å². The van der Waals surface area contributed by atoms with Crippen LogP contribution in [0, 0.1) is 5.82 Å². The van der Waals surface area contributed by atoms with Crippen molar-refractivity contribution in [2.45, 2.75) is 25.9 Å². The Labute approximate surface area is 215 Å². The zero-order valence-corrected chi connectivity index (χ0v) is 20.8. The highest BCUT2D eigenvalue weighted by Crippen LogP contribution is 2.34. The number of methoxy groups -OCH3 is 1. The van der Waals surface area contributed by atoms with Crippen molar-refractivity contribution < 1.29 is 27.5 Å². The van der Waals surface area contributed by atoms with Gasteiger partial charge >= 0.3 is 0 Å². The van der Waals surface area contributed by atoms with Crippen molar-refractivity contribution in [1.29, 1.82) is 0 Å². The van der Waals surface area contributed by atoms with E-state index in [0.29, 0.717) is 11.1 Å². The number of alkyl halides is 2. The number of carbonyl (C=O) groups excluding carboxylic acids is 2. The fourth-order valence-corrected chi connectivity index (χ4v) is 3.89. The van der Waals surface area contributed by atoms with Gasteiger partial charge in [0.25, 0.3) is 17.9 Å². The summed E-state index contributed by atoms with van der Waals surface area (Å²) in [6, 6.07) is 8.32. The number of ether oxygens (including phenoxy) is 1. The molecule has 2 amide bonds. The summed E-state index contributed by atoms with van der Waals surface area (Å²) >= 11 is 0. The van der Waals surface area contributed by atoms with Crippen LogP contribution in [0.3, 0.4) is 0 Å². The van der Waals surface area contributed by atoms with Gasteiger partial charge in [-0.3, -0.25) is 19.4 Å². The predicted molar refractivity (Wildman–Crippen MR) is 136 cm³/mol. The molecule has 38 heavy (non-hydrogen) atoms. The van der Waals surface area contributed by atoms with Crippen LogP contribution in [0.15, 0.2) is 58.4 Å². The van der Waals surface area contributed by atoms with Crippen molar-refractivity contribution >= 4 is 17.6 Å². The number of aromatic nitrogens is 1. The van der Waals surface area contributed by atoms with E-state index in [0.717, 1.165) is 10.6 Å². The van der Waals surface area contributed by atoms with Gasteiger partial charge in [0.2, 0.25) is 5.91 Å². The Morgan fingerprint density at radius 3 is 2.37 bits per heavy atom. The molecule has 1 atom stereocenters. The molecule has 0 aliphatic carbocycles. The first-order valence-corrected chi connectivity index (χ1v) is 11.3. The Morgan fingerprint density at radius 2 is 1.79 bits per heavy atom. The Balaban J connectivity index is 2.17. The van der Waals surface area contributed by atoms with Crippen molar-refractivity contribution in [1.82, 2.24) is 9.88 Å². The minimum atomic E-state index is -3.01. The number of benzene rings is 2. The van der Waals surface area contributed by atoms with Gasteiger partial charge in [0.15, 0.2) is 0 Å². The maximum Gasteiger partial charge on any atom is 0.266 e. The summed E-state index contributed by atoms with van der Waals surface area (Å²) in [5.41, 5.74) is 11.0. The molecule has 12 heteroatoms. The SMILES string of the molecule is CNC(=O)c1cc(OC)c(-c2ccn(CC(N)=O)c(=O)c2)cc1C(N)=N[C@H](C)c1cccc(C(F)F)c1F. The zero-order valence-electron chi connectivity index (χ0n) is 20.8. The van der Waals surface area contributed by atoms with Crippen LogP contribution in [-0.4, -0.2) is 36.4 Å². The number of carbonyl (C=O) groups is 2. The van der Waals surface area contributed by atoms with Crippen molar-refractivity contribution in [3.8, 4) is 16.9 Å². The van der Waals surface area contributed by atoms with E-state index in [2.05, 4.69) is 10.3 Å². The lowest BCUT2D eigenvalue weighted by atomic mass is 9.96. The first-order chi connectivity index (χ1) is 18.0. The summed E-state index contributed by atoms with van der Waals surface area (Å²) in [5.74, 6) is -2.26. The fourth-order valence-electron chi connectivity index (χ4n) is 3.89. The Morgan fingerprint density at radius 1 is 1.11 bits per heavy atom. The summed E-state index contributed by atoms with van der Waals surface area (Å²) in [6.07, 6.45) is -1.63. The Kier molecular flexibility index (Phi) is 8.56. The molecular formula is C26H26F3N5O4. The number of nitrogens with zero attached hydrogens (tertiary/aromatic N) is 2. The van der Waals surface area contributed by atoms with Crippen LogP contribution >= 0.6 is 0 Å². The minimum absolute atomic E-state index is 0.0745. The predicted octanol–water partition coefficient (Wildman–Crippen LogP) is 2.91. The van der Waals surface area contributed by atoms with Crippen molar-refractivity contribution in [2.24, 2.45) is 16.5 Å². The van der Waals surface area contributed by atoms with Crippen LogP contribution in [0.5, 0.6) is 5.75 Å². The number of primary amides is 1. The molecule has 0 aliphatic heterocycles. The monoisotopic (exact) mass is 529 g/mol. The summed E-state index contributed by atoms with van der Waals surface area (Å²) in [4.78, 5) is 40.7. The lowest BCUT2D eigenvalue weighted by molar-refractivity contribution is -0.118. The van der Waals surface area contributed by atoms with E-state index < -0.39 is 41.2 Å². The molecule has 0 aliphatic rings. The molecule has 2 aromatic carbocycles. The topological polar surface area (TPSA) is 142 Å². The molecule has 3 aromatic rings. The number of rotatable bonds is 9. The lowest BCUT2D eigenvalue weighted by Gasteiger charge is -2.17. The molecule has 0 spiro atoms. The van der Waals surface area contributed by atoms with Gasteiger partial charge in [-0.15, -0.1) is 0 Å². The quantitative estimate of drug-likeness (QED) is 0.289. The molecule has 200 valence electrons. The van der Waals surface area contributed by atoms with Crippen LogP contribution in [0.2, 0.25) is 0 Å². The molecule has 0 bridgehead atoms. The third kappa shape index (κ3) is 5.85. The highest BCUT2D eigenvalue weighted by atomic mass is 19.3. The Hall–Kier alpha value is -4.61. The zero-order chi connectivity index (χ0) is 28.1. The first-order valence-electron chi connectivity index (χ1n) is 11.3. The van der Waals surface area contributed by atoms with Crippen LogP contribution in [0.25, 0.3) is 11.1 Å². The standard InChI is InChI=1S/C26H26F3N5O4/c1-13(15-5-4-6-16(23(15)27)24(28)29)33-25(31)18-10-17(20(38-3)11-19(18)26(37)32-2)14-7-8-34(12-21(30)35)22(36)9-14/h4-11,13,24H,12H2,1-3H3,(H2,30,35)(H2,31,33)(H,32,37)/t13-/m1/s1. The van der Waals surface area contributed by atoms with Crippen molar-refractivity contribution in [3.05, 3.63) is 87.1 Å². The molecule has 0 saturated carbocycles. The lowest BCUT2D eigenvalue weighted by Crippen LogP contribution is -2.27. The molecule has 3 rings (SSSR count). The van der Waals surface area contributed by atoms with E-state index in [4.69, 9.17) is 16.2 Å². The molecule has 1 aromatic heterocycles. The molecular weight excluding hydrogens is 503 g/mol. The number of amidine groups is 1. The smallest absolute Gasteiger partial charge is 0.266 e. The van der Waals surface area contributed by atoms with Gasteiger partial charge in [-0.25, -0.2) is 13.2 Å². The summed E-state index contributed by atoms with van der Waals surface area (Å²) in [7, 11) is 2.78. The van der Waals surface area contributed by atoms with Gasteiger partial charge in [-0.2, -0.15) is 0 Å². The van der Waals surface area contributed by atoms with Gasteiger partial charge in [-0.1, -0.05) is 18.2 Å². The number of aliphatic imine (C=N–C) groups is 1. The first kappa shape index (κ1) is 28.0. The normalized spacial score (nSPS) is 12.3. The summed E-state index contributed by atoms with van der Waals surface area (Å²) in [6.45, 7) is 1.17. The summed E-state index contributed by atoms with van der Waals surface area (Å²) < 4.78 is 47.6. The number of nitrogens with one attached hydrogen (secondary N) is 1. The summed E-state index contributed by atoms with van der Waals surface area (Å²) in [5, 5.41) is 2.49. The minimum Gasteiger partial charge on any atom is -0.496 e. The molecule has 0 radical (unpaired) electrons. The second kappa shape index (κ2) is 11.6. The van der Waals surface area contributed by atoms with Crippen LogP contribution in [0.1, 0.15) is 46.4 Å². The average molecular weight is 530 g/mol. The number of pyridine rings is 1. The third-order valence-electron chi connectivity index (χ3n) is 5.80. The third-order valence-corrected chi connectivity index (χ3v) is 5.80. The van der Waals surface area contributed by atoms with Crippen molar-refractivity contribution in [3.63, 3.8) is 0 Å². The number of hydrogen-bond acceptors (Lipinski definition) is 5. The van der Waals surface area contributed by atoms with Crippen LogP contribution in [0.4, 0.5) is 13.2 Å². The van der Waals surface area contributed by atoms with E-state index >= 15 is 0 Å². The maximum atomic E-state index is 14.7. The largest absolute Gasteiger partial charge is 0.496 e. The average Bonchev–Trinajstić information content (AvgIpc) is 2.88. The second-order valence-electron chi connectivity index (χ2n) is 8.27. The highest BCUT2D eigenvalue weighted by molar-refractivity contribution is 6.10. The molecule has 0 unspecified atom stereocenters. The molecule has 5 N–H and O–H groups in total. The maximum absolute atomic E-state index is 14.7.